The van der Waals surface area contributed by atoms with Gasteiger partial charge in [0.2, 0.25) is 0 Å². The number of H-pyrrole nitrogens is 1. The van der Waals surface area contributed by atoms with Crippen LogP contribution in [0.3, 0.4) is 0 Å². The number of carbonyl (C=O) groups excluding carboxylic acids is 1. The molecule has 0 saturated carbocycles. The standard InChI is InChI=1S/C18H23BBrNO4/c1-17(2)18(3,4)25-19(24-17)14(9-16(22)23-5)13-10-21-15-8-11(20)6-7-12(13)15/h6-8,10,14,21H,9H2,1-5H3. The van der Waals surface area contributed by atoms with E-state index in [1.807, 2.05) is 52.1 Å². The number of aromatic amines is 1. The van der Waals surface area contributed by atoms with Crippen molar-refractivity contribution in [2.24, 2.45) is 0 Å². The van der Waals surface area contributed by atoms with Gasteiger partial charge in [0.1, 0.15) is 0 Å². The van der Waals surface area contributed by atoms with Crippen molar-refractivity contribution >= 4 is 39.9 Å². The first-order valence-electron chi connectivity index (χ1n) is 8.33. The third-order valence-electron chi connectivity index (χ3n) is 5.29. The fourth-order valence-electron chi connectivity index (χ4n) is 3.10. The maximum Gasteiger partial charge on any atom is 0.466 e. The van der Waals surface area contributed by atoms with E-state index in [4.69, 9.17) is 14.0 Å². The number of methoxy groups -OCH3 is 1. The Morgan fingerprint density at radius 2 is 1.92 bits per heavy atom. The van der Waals surface area contributed by atoms with Crippen LogP contribution in [0.2, 0.25) is 0 Å². The number of aromatic nitrogens is 1. The Morgan fingerprint density at radius 3 is 2.52 bits per heavy atom. The van der Waals surface area contributed by atoms with Crippen LogP contribution in [0.25, 0.3) is 10.9 Å². The minimum atomic E-state index is -0.522. The molecular weight excluding hydrogens is 385 g/mol. The second-order valence-electron chi connectivity index (χ2n) is 7.45. The summed E-state index contributed by atoms with van der Waals surface area (Å²) in [5.74, 6) is -0.547. The van der Waals surface area contributed by atoms with Crippen LogP contribution >= 0.6 is 15.9 Å². The topological polar surface area (TPSA) is 60.6 Å². The molecule has 25 heavy (non-hydrogen) atoms. The minimum Gasteiger partial charge on any atom is -0.469 e. The number of carbonyl (C=O) groups is 1. The van der Waals surface area contributed by atoms with Gasteiger partial charge >= 0.3 is 13.1 Å². The second kappa shape index (κ2) is 6.45. The van der Waals surface area contributed by atoms with Crippen molar-refractivity contribution in [1.29, 1.82) is 0 Å². The lowest BCUT2D eigenvalue weighted by Gasteiger charge is -2.32. The molecule has 3 rings (SSSR count). The first-order chi connectivity index (χ1) is 11.6. The summed E-state index contributed by atoms with van der Waals surface area (Å²) in [5, 5.41) is 1.05. The van der Waals surface area contributed by atoms with Gasteiger partial charge in [0.15, 0.2) is 0 Å². The quantitative estimate of drug-likeness (QED) is 0.609. The molecule has 0 bridgehead atoms. The number of benzene rings is 1. The van der Waals surface area contributed by atoms with Crippen molar-refractivity contribution in [3.8, 4) is 0 Å². The lowest BCUT2D eigenvalue weighted by atomic mass is 9.66. The molecule has 7 heteroatoms. The van der Waals surface area contributed by atoms with Gasteiger partial charge < -0.3 is 19.0 Å². The first kappa shape index (κ1) is 18.5. The van der Waals surface area contributed by atoms with Gasteiger partial charge in [-0.1, -0.05) is 22.0 Å². The largest absolute Gasteiger partial charge is 0.469 e. The van der Waals surface area contributed by atoms with E-state index < -0.39 is 18.3 Å². The second-order valence-corrected chi connectivity index (χ2v) is 8.36. The normalized spacial score (nSPS) is 20.0. The summed E-state index contributed by atoms with van der Waals surface area (Å²) in [4.78, 5) is 15.3. The van der Waals surface area contributed by atoms with Crippen molar-refractivity contribution in [2.45, 2.75) is 51.1 Å². The number of fused-ring (bicyclic) bond motifs is 1. The Bertz CT molecular complexity index is 785. The average molecular weight is 408 g/mol. The Labute approximate surface area is 156 Å². The lowest BCUT2D eigenvalue weighted by molar-refractivity contribution is -0.140. The SMILES string of the molecule is COC(=O)CC(B1OC(C)(C)C(C)(C)O1)c1c[nH]c2cc(Br)ccc12. The van der Waals surface area contributed by atoms with Gasteiger partial charge in [0.05, 0.1) is 24.7 Å². The van der Waals surface area contributed by atoms with Gasteiger partial charge in [-0.15, -0.1) is 0 Å². The molecule has 1 aliphatic heterocycles. The van der Waals surface area contributed by atoms with Crippen LogP contribution in [0.4, 0.5) is 0 Å². The van der Waals surface area contributed by atoms with Crippen LogP contribution in [0.15, 0.2) is 28.9 Å². The number of hydrogen-bond donors (Lipinski definition) is 1. The number of nitrogens with one attached hydrogen (secondary N) is 1. The summed E-state index contributed by atoms with van der Waals surface area (Å²) in [5.41, 5.74) is 1.07. The van der Waals surface area contributed by atoms with Crippen LogP contribution in [0.5, 0.6) is 0 Å². The Hall–Kier alpha value is -1.31. The highest BCUT2D eigenvalue weighted by Crippen LogP contribution is 2.43. The molecule has 0 aliphatic carbocycles. The molecule has 1 aromatic heterocycles. The highest BCUT2D eigenvalue weighted by atomic mass is 79.9. The first-order valence-corrected chi connectivity index (χ1v) is 9.13. The third kappa shape index (κ3) is 3.37. The van der Waals surface area contributed by atoms with Crippen LogP contribution < -0.4 is 0 Å². The van der Waals surface area contributed by atoms with Crippen LogP contribution in [0.1, 0.15) is 45.5 Å². The van der Waals surface area contributed by atoms with E-state index >= 15 is 0 Å². The molecule has 2 heterocycles. The van der Waals surface area contributed by atoms with Crippen molar-refractivity contribution in [3.63, 3.8) is 0 Å². The summed E-state index contributed by atoms with van der Waals surface area (Å²) in [6, 6.07) is 6.03. The van der Waals surface area contributed by atoms with Gasteiger partial charge in [-0.2, -0.15) is 0 Å². The van der Waals surface area contributed by atoms with Crippen LogP contribution in [-0.2, 0) is 18.8 Å². The van der Waals surface area contributed by atoms with Crippen molar-refractivity contribution in [2.75, 3.05) is 7.11 Å². The Morgan fingerprint density at radius 1 is 1.28 bits per heavy atom. The molecule has 1 fully saturated rings. The summed E-state index contributed by atoms with van der Waals surface area (Å²) in [7, 11) is 0.877. The number of esters is 1. The highest BCUT2D eigenvalue weighted by Gasteiger charge is 2.54. The number of hydrogen-bond acceptors (Lipinski definition) is 4. The lowest BCUT2D eigenvalue weighted by Crippen LogP contribution is -2.41. The predicted molar refractivity (Wildman–Crippen MR) is 101 cm³/mol. The zero-order valence-corrected chi connectivity index (χ0v) is 16.8. The van der Waals surface area contributed by atoms with Crippen LogP contribution in [-0.4, -0.2) is 36.4 Å². The molecule has 1 unspecified atom stereocenters. The van der Waals surface area contributed by atoms with E-state index in [0.717, 1.165) is 20.9 Å². The molecule has 2 aromatic rings. The molecule has 5 nitrogen and oxygen atoms in total. The molecule has 0 spiro atoms. The monoisotopic (exact) mass is 407 g/mol. The molecule has 1 aromatic carbocycles. The summed E-state index contributed by atoms with van der Waals surface area (Å²) in [6.07, 6.45) is 2.12. The maximum atomic E-state index is 12.0. The number of rotatable bonds is 4. The summed E-state index contributed by atoms with van der Waals surface area (Å²) < 4.78 is 18.3. The maximum absolute atomic E-state index is 12.0. The Kier molecular flexibility index (Phi) is 4.77. The van der Waals surface area contributed by atoms with Gasteiger partial charge in [-0.3, -0.25) is 4.79 Å². The van der Waals surface area contributed by atoms with Crippen LogP contribution in [0, 0.1) is 0 Å². The van der Waals surface area contributed by atoms with E-state index in [2.05, 4.69) is 20.9 Å². The van der Waals surface area contributed by atoms with Gasteiger partial charge in [-0.05, 0) is 45.4 Å². The zero-order valence-electron chi connectivity index (χ0n) is 15.2. The van der Waals surface area contributed by atoms with E-state index in [0.29, 0.717) is 0 Å². The highest BCUT2D eigenvalue weighted by molar-refractivity contribution is 9.10. The molecule has 1 atom stereocenters. The molecule has 134 valence electrons. The molecule has 0 radical (unpaired) electrons. The average Bonchev–Trinajstić information content (AvgIpc) is 3.02. The number of halogens is 1. The summed E-state index contributed by atoms with van der Waals surface area (Å²) in [6.45, 7) is 8.03. The van der Waals surface area contributed by atoms with Crippen molar-refractivity contribution in [1.82, 2.24) is 4.98 Å². The molecule has 1 saturated heterocycles. The van der Waals surface area contributed by atoms with Gasteiger partial charge in [-0.25, -0.2) is 0 Å². The molecule has 1 aliphatic rings. The molecule has 1 N–H and O–H groups in total. The zero-order chi connectivity index (χ0) is 18.4. The van der Waals surface area contributed by atoms with E-state index in [1.54, 1.807) is 0 Å². The van der Waals surface area contributed by atoms with Gasteiger partial charge in [0, 0.05) is 27.4 Å². The molecular formula is C18H23BBrNO4. The van der Waals surface area contributed by atoms with Gasteiger partial charge in [0.25, 0.3) is 0 Å². The molecule has 0 amide bonds. The fourth-order valence-corrected chi connectivity index (χ4v) is 3.46. The minimum absolute atomic E-state index is 0.191. The van der Waals surface area contributed by atoms with Crippen molar-refractivity contribution < 1.29 is 18.8 Å². The Balaban J connectivity index is 2.02. The number of ether oxygens (including phenoxy) is 1. The van der Waals surface area contributed by atoms with E-state index in [1.165, 1.54) is 7.11 Å². The van der Waals surface area contributed by atoms with E-state index in [9.17, 15) is 4.79 Å². The summed E-state index contributed by atoms with van der Waals surface area (Å²) >= 11 is 3.48. The fraction of sp³-hybridized carbons (Fsp3) is 0.500. The smallest absolute Gasteiger partial charge is 0.466 e. The predicted octanol–water partition coefficient (Wildman–Crippen LogP) is 4.21. The third-order valence-corrected chi connectivity index (χ3v) is 5.78. The van der Waals surface area contributed by atoms with E-state index in [-0.39, 0.29) is 18.2 Å². The van der Waals surface area contributed by atoms with Crippen molar-refractivity contribution in [3.05, 3.63) is 34.4 Å².